The van der Waals surface area contributed by atoms with E-state index in [9.17, 15) is 198 Å². The first kappa shape index (κ1) is 149. The molecule has 0 aliphatic rings. The molecule has 0 radical (unpaired) electrons. The van der Waals surface area contributed by atoms with Gasteiger partial charge in [-0.1, -0.05) is 142 Å². The molecule has 0 fully saturated rings. The normalized spacial score (nSPS) is 14.7. The molecule has 720 valence electrons. The second-order valence-electron chi connectivity index (χ2n) is 29.2. The van der Waals surface area contributed by atoms with E-state index in [-0.39, 0.29) is 59.4 Å². The third-order valence-electron chi connectivity index (χ3n) is 9.26. The lowest BCUT2D eigenvalue weighted by molar-refractivity contribution is -0.555. The summed E-state index contributed by atoms with van der Waals surface area (Å²) in [5.41, 5.74) is -18.4. The second kappa shape index (κ2) is 47.5. The standard InChI is InChI=1S/C11H18F6O2.C11H18F6O.C8H9F7O2.C7H2F14O3.C6H11F3.2C4H9F.C3H2F6O.8CH4/c1-7(2,3)9(12,13)10(14,15)19-11(16,17)18-8(4,5)6;1-7(2,3)9(12,13)10(14,15)11(16,17)18-8(4,5)6;1-5(2,3)6(10,7(11,12)13)8(14,15)17-4(9)16;8-2(9,10)1-22-5(15,16)3(11,4(12,13)14)23-6(17,18)7(19,20)24-21;1-5(2,3)4-6(7,8)9;2*1-4(2,3)5;4-2(5,6)1-3(7,8)10-9;;;;;;;;/h1-6H3;1-6H3;1-3H3;1H2;4H2,1-3H3;2*1-3H3;1H2;8*1H4. The van der Waals surface area contributed by atoms with Gasteiger partial charge in [0.15, 0.2) is 0 Å². The molecule has 0 bridgehead atoms. The molecule has 0 aromatic carbocycles. The van der Waals surface area contributed by atoms with Crippen LogP contribution in [0.5, 0.6) is 0 Å². The average molecular weight is 1840 g/mol. The molecule has 2 atom stereocenters. The van der Waals surface area contributed by atoms with Crippen LogP contribution in [0, 0.1) is 21.7 Å². The predicted octanol–water partition coefficient (Wildman–Crippen LogP) is 31.9. The Morgan fingerprint density at radius 3 is 0.730 bits per heavy atom. The molecule has 0 aliphatic carbocycles. The van der Waals surface area contributed by atoms with E-state index in [1.54, 1.807) is 30.4 Å². The van der Waals surface area contributed by atoms with Crippen LogP contribution >= 0.6 is 0 Å². The summed E-state index contributed by atoms with van der Waals surface area (Å²) >= 11 is 0. The first-order valence-corrected chi connectivity index (χ1v) is 27.9. The first-order chi connectivity index (χ1) is 44.7. The van der Waals surface area contributed by atoms with Gasteiger partial charge in [0.1, 0.15) is 24.4 Å². The molecular formula is C62H110F44O9. The van der Waals surface area contributed by atoms with Gasteiger partial charge >= 0.3 is 115 Å². The Morgan fingerprint density at radius 2 is 0.557 bits per heavy atom. The SMILES string of the molecule is C.C.C.C.C.C.C.C.CC(C)(C)C(F)(C(F)(F)F)C(F)(F)OC(=O)F.CC(C)(C)CC(F)(F)F.CC(C)(C)F.CC(C)(C)F.CC(C)(C)OC(F)(F)C(F)(F)C(F)(F)C(C)(C)C.CC(C)(C)OC(F)(F)OC(F)(F)C(F)(F)C(C)(C)C.FOC(F)(F)C(F)(F)OC(F)(C(F)(F)F)C(F)(F)OCC(F)(F)F.FOC(F)(F)CC(F)(F)F. The van der Waals surface area contributed by atoms with E-state index in [2.05, 4.69) is 23.7 Å². The van der Waals surface area contributed by atoms with Crippen LogP contribution in [0.15, 0.2) is 0 Å². The van der Waals surface area contributed by atoms with Crippen LogP contribution in [-0.4, -0.2) is 145 Å². The first-order valence-electron chi connectivity index (χ1n) is 27.9. The molecule has 9 nitrogen and oxygen atoms in total. The van der Waals surface area contributed by atoms with Gasteiger partial charge < -0.3 is 14.2 Å². The second-order valence-corrected chi connectivity index (χ2v) is 29.2. The van der Waals surface area contributed by atoms with Crippen LogP contribution in [0.3, 0.4) is 0 Å². The van der Waals surface area contributed by atoms with E-state index in [4.69, 9.17) is 0 Å². The van der Waals surface area contributed by atoms with Crippen LogP contribution in [0.2, 0.25) is 0 Å². The summed E-state index contributed by atoms with van der Waals surface area (Å²) in [4.78, 5) is 12.6. The lowest BCUT2D eigenvalue weighted by atomic mass is 9.76. The fourth-order valence-corrected chi connectivity index (χ4v) is 5.02. The van der Waals surface area contributed by atoms with Gasteiger partial charge in [-0.2, -0.15) is 158 Å². The van der Waals surface area contributed by atoms with Gasteiger partial charge in [-0.3, -0.25) is 9.47 Å². The fourth-order valence-electron chi connectivity index (χ4n) is 5.02. The summed E-state index contributed by atoms with van der Waals surface area (Å²) in [5.74, 6) is -22.6. The van der Waals surface area contributed by atoms with Crippen molar-refractivity contribution in [1.82, 2.24) is 0 Å². The van der Waals surface area contributed by atoms with E-state index < -0.39 is 179 Å². The largest absolute Gasteiger partial charge is 0.500 e. The van der Waals surface area contributed by atoms with Crippen molar-refractivity contribution in [2.45, 2.75) is 370 Å². The van der Waals surface area contributed by atoms with Crippen LogP contribution < -0.4 is 0 Å². The van der Waals surface area contributed by atoms with Gasteiger partial charge in [-0.15, -0.1) is 23.1 Å². The van der Waals surface area contributed by atoms with Crippen LogP contribution in [0.4, 0.5) is 198 Å². The molecule has 0 aromatic heterocycles. The molecule has 0 N–H and O–H groups in total. The van der Waals surface area contributed by atoms with Crippen molar-refractivity contribution < 1.29 is 237 Å². The van der Waals surface area contributed by atoms with Crippen molar-refractivity contribution in [1.29, 1.82) is 0 Å². The van der Waals surface area contributed by atoms with Crippen LogP contribution in [0.1, 0.15) is 238 Å². The van der Waals surface area contributed by atoms with Crippen molar-refractivity contribution in [3.8, 4) is 0 Å². The van der Waals surface area contributed by atoms with Gasteiger partial charge in [-0.25, -0.2) is 22.7 Å². The molecule has 0 amide bonds. The quantitative estimate of drug-likeness (QED) is 0.0756. The summed E-state index contributed by atoms with van der Waals surface area (Å²) < 4.78 is 560. The third kappa shape index (κ3) is 57.9. The minimum absolute atomic E-state index is 0. The van der Waals surface area contributed by atoms with Gasteiger partial charge in [0.2, 0.25) is 0 Å². The molecule has 0 saturated heterocycles. The van der Waals surface area contributed by atoms with Gasteiger partial charge in [-0.05, 0) is 97.6 Å². The van der Waals surface area contributed by atoms with E-state index in [0.717, 1.165) is 83.1 Å². The number of rotatable bonds is 18. The zero-order chi connectivity index (χ0) is 90.4. The molecule has 0 aliphatic heterocycles. The molecule has 0 rings (SSSR count). The maximum atomic E-state index is 13.6. The smallest absolute Gasteiger partial charge is 0.372 e. The van der Waals surface area contributed by atoms with E-state index >= 15 is 0 Å². The topological polar surface area (TPSA) is 90.9 Å². The lowest BCUT2D eigenvalue weighted by Gasteiger charge is -2.41. The Kier molecular flexibility index (Phi) is 61.5. The highest BCUT2D eigenvalue weighted by Crippen LogP contribution is 2.58. The Balaban J connectivity index is -0.0000000716. The summed E-state index contributed by atoms with van der Waals surface area (Å²) in [6, 6.07) is 0. The van der Waals surface area contributed by atoms with Crippen molar-refractivity contribution in [3.63, 3.8) is 0 Å². The summed E-state index contributed by atoms with van der Waals surface area (Å²) in [6.45, 7) is 23.3. The maximum Gasteiger partial charge on any atom is 0.500 e. The zero-order valence-corrected chi connectivity index (χ0v) is 59.9. The molecule has 0 spiro atoms. The maximum absolute atomic E-state index is 13.6. The van der Waals surface area contributed by atoms with E-state index in [0.29, 0.717) is 20.8 Å². The Bertz CT molecular complexity index is 2500. The fraction of sp³-hybridized carbons (Fsp3) is 0.984. The van der Waals surface area contributed by atoms with E-state index in [1.165, 1.54) is 46.5 Å². The molecule has 2 unspecified atom stereocenters. The van der Waals surface area contributed by atoms with Crippen LogP contribution in [-0.2, 0) is 38.3 Å². The highest BCUT2D eigenvalue weighted by molar-refractivity contribution is 5.58. The molecular weight excluding hydrogens is 1720 g/mol. The van der Waals surface area contributed by atoms with Gasteiger partial charge in [0, 0.05) is 22.7 Å². The van der Waals surface area contributed by atoms with Crippen molar-refractivity contribution >= 4 is 6.22 Å². The zero-order valence-electron chi connectivity index (χ0n) is 59.9. The average Bonchev–Trinajstić information content (AvgIpc) is 0.747. The summed E-state index contributed by atoms with van der Waals surface area (Å²) in [7, 11) is 0. The molecule has 115 heavy (non-hydrogen) atoms. The van der Waals surface area contributed by atoms with E-state index in [1.807, 2.05) is 0 Å². The molecule has 0 aromatic rings. The number of hydrogen-bond donors (Lipinski definition) is 0. The Morgan fingerprint density at radius 1 is 0.278 bits per heavy atom. The van der Waals surface area contributed by atoms with Crippen molar-refractivity contribution in [3.05, 3.63) is 0 Å². The van der Waals surface area contributed by atoms with Gasteiger partial charge in [0.05, 0.1) is 11.2 Å². The van der Waals surface area contributed by atoms with Crippen molar-refractivity contribution in [2.75, 3.05) is 6.61 Å². The minimum atomic E-state index is -7.34. The molecule has 53 heteroatoms. The Labute approximate surface area is 640 Å². The lowest BCUT2D eigenvalue weighted by Crippen LogP contribution is -2.64. The van der Waals surface area contributed by atoms with Gasteiger partial charge in [0.25, 0.3) is 0 Å². The minimum Gasteiger partial charge on any atom is -0.372 e. The van der Waals surface area contributed by atoms with Crippen LogP contribution in [0.25, 0.3) is 0 Å². The highest BCUT2D eigenvalue weighted by Gasteiger charge is 2.82. The number of ether oxygens (including phenoxy) is 6. The number of carbonyl (C=O) groups excluding carboxylic acids is 1. The summed E-state index contributed by atoms with van der Waals surface area (Å²) in [5, 5.41) is 0. The Hall–Kier alpha value is -3.89. The monoisotopic (exact) mass is 1830 g/mol. The number of hydrogen-bond acceptors (Lipinski definition) is 9. The number of carbonyl (C=O) groups is 1. The number of halogens is 44. The molecule has 0 heterocycles. The number of alkyl halides is 41. The van der Waals surface area contributed by atoms with Crippen molar-refractivity contribution in [2.24, 2.45) is 21.7 Å². The predicted molar refractivity (Wildman–Crippen MR) is 337 cm³/mol. The highest BCUT2D eigenvalue weighted by atomic mass is 19.4. The summed E-state index contributed by atoms with van der Waals surface area (Å²) in [6.07, 6.45) is -81.4. The molecule has 0 saturated carbocycles. The third-order valence-corrected chi connectivity index (χ3v) is 9.26.